The molecule has 0 aliphatic rings. The minimum Gasteiger partial charge on any atom is -0.305 e. The smallest absolute Gasteiger partial charge is 0.279 e. The van der Waals surface area contributed by atoms with Gasteiger partial charge in [-0.15, -0.1) is 0 Å². The van der Waals surface area contributed by atoms with Gasteiger partial charge in [-0.1, -0.05) is 30.3 Å². The third kappa shape index (κ3) is 6.12. The van der Waals surface area contributed by atoms with Crippen LogP contribution >= 0.6 is 0 Å². The van der Waals surface area contributed by atoms with Gasteiger partial charge in [0.15, 0.2) is 0 Å². The highest BCUT2D eigenvalue weighted by Crippen LogP contribution is 2.07. The molecule has 1 atom stereocenters. The second-order valence-corrected chi connectivity index (χ2v) is 7.25. The van der Waals surface area contributed by atoms with E-state index in [0.29, 0.717) is 6.54 Å². The fourth-order valence-electron chi connectivity index (χ4n) is 1.96. The Morgan fingerprint density at radius 2 is 1.86 bits per heavy atom. The zero-order valence-electron chi connectivity index (χ0n) is 13.4. The Bertz CT molecular complexity index is 581. The van der Waals surface area contributed by atoms with Crippen LogP contribution in [0.1, 0.15) is 12.0 Å². The molecule has 7 heteroatoms. The first-order valence-electron chi connectivity index (χ1n) is 7.15. The van der Waals surface area contributed by atoms with Crippen LogP contribution in [0.2, 0.25) is 0 Å². The van der Waals surface area contributed by atoms with Gasteiger partial charge < -0.3 is 4.90 Å². The van der Waals surface area contributed by atoms with Crippen LogP contribution in [-0.4, -0.2) is 57.9 Å². The molecule has 0 bridgehead atoms. The van der Waals surface area contributed by atoms with Gasteiger partial charge in [0.05, 0.1) is 6.07 Å². The standard InChI is InChI=1S/C15H24N4O2S/c1-18(2)15(12-14-8-5-4-6-9-14)13-17-22(20,21)19(3)11-7-10-16/h4-6,8-9,15,17H,7,11-13H2,1-3H3. The maximum atomic E-state index is 12.1. The molecule has 0 amide bonds. The molecule has 0 aromatic heterocycles. The number of likely N-dealkylation sites (N-methyl/N-ethyl adjacent to an activating group) is 1. The van der Waals surface area contributed by atoms with Crippen LogP contribution in [0.15, 0.2) is 30.3 Å². The molecule has 1 unspecified atom stereocenters. The molecule has 0 aliphatic carbocycles. The van der Waals surface area contributed by atoms with Crippen molar-refractivity contribution in [3.8, 4) is 6.07 Å². The van der Waals surface area contributed by atoms with Crippen LogP contribution in [0.3, 0.4) is 0 Å². The monoisotopic (exact) mass is 324 g/mol. The molecule has 1 aromatic carbocycles. The average Bonchev–Trinajstić information content (AvgIpc) is 2.49. The van der Waals surface area contributed by atoms with Crippen molar-refractivity contribution in [3.05, 3.63) is 35.9 Å². The molecule has 0 saturated carbocycles. The molecule has 0 saturated heterocycles. The maximum absolute atomic E-state index is 12.1. The van der Waals surface area contributed by atoms with Crippen LogP contribution in [0.5, 0.6) is 0 Å². The van der Waals surface area contributed by atoms with E-state index in [-0.39, 0.29) is 19.0 Å². The van der Waals surface area contributed by atoms with Gasteiger partial charge in [-0.25, -0.2) is 4.72 Å². The van der Waals surface area contributed by atoms with E-state index in [0.717, 1.165) is 6.42 Å². The van der Waals surface area contributed by atoms with E-state index in [9.17, 15) is 8.42 Å². The molecule has 0 fully saturated rings. The first kappa shape index (κ1) is 18.6. The fourth-order valence-corrected chi connectivity index (χ4v) is 2.92. The Kier molecular flexibility index (Phi) is 7.48. The molecule has 0 spiro atoms. The predicted octanol–water partition coefficient (Wildman–Crippen LogP) is 0.839. The van der Waals surface area contributed by atoms with Gasteiger partial charge in [0.2, 0.25) is 0 Å². The van der Waals surface area contributed by atoms with Crippen molar-refractivity contribution in [2.75, 3.05) is 34.2 Å². The summed E-state index contributed by atoms with van der Waals surface area (Å²) in [5.74, 6) is 0. The van der Waals surface area contributed by atoms with Gasteiger partial charge >= 0.3 is 0 Å². The molecule has 6 nitrogen and oxygen atoms in total. The Morgan fingerprint density at radius 3 is 2.41 bits per heavy atom. The predicted molar refractivity (Wildman–Crippen MR) is 87.4 cm³/mol. The van der Waals surface area contributed by atoms with Crippen molar-refractivity contribution >= 4 is 10.2 Å². The van der Waals surface area contributed by atoms with E-state index >= 15 is 0 Å². The quantitative estimate of drug-likeness (QED) is 0.730. The number of nitrogens with one attached hydrogen (secondary N) is 1. The topological polar surface area (TPSA) is 76.4 Å². The summed E-state index contributed by atoms with van der Waals surface area (Å²) in [4.78, 5) is 2.00. The molecule has 22 heavy (non-hydrogen) atoms. The Morgan fingerprint density at radius 1 is 1.23 bits per heavy atom. The summed E-state index contributed by atoms with van der Waals surface area (Å²) in [7, 11) is 1.79. The average molecular weight is 324 g/mol. The summed E-state index contributed by atoms with van der Waals surface area (Å²) < 4.78 is 28.0. The van der Waals surface area contributed by atoms with E-state index in [4.69, 9.17) is 5.26 Å². The van der Waals surface area contributed by atoms with E-state index in [1.807, 2.05) is 55.4 Å². The second kappa shape index (κ2) is 8.86. The van der Waals surface area contributed by atoms with Crippen molar-refractivity contribution in [2.45, 2.75) is 18.9 Å². The highest BCUT2D eigenvalue weighted by molar-refractivity contribution is 7.87. The summed E-state index contributed by atoms with van der Waals surface area (Å²) in [6, 6.07) is 12.0. The van der Waals surface area contributed by atoms with Gasteiger partial charge in [0.1, 0.15) is 0 Å². The number of rotatable bonds is 9. The number of benzene rings is 1. The van der Waals surface area contributed by atoms with Crippen molar-refractivity contribution in [3.63, 3.8) is 0 Å². The molecule has 1 rings (SSSR count). The molecule has 0 radical (unpaired) electrons. The number of hydrogen-bond donors (Lipinski definition) is 1. The lowest BCUT2D eigenvalue weighted by Gasteiger charge is -2.26. The number of hydrogen-bond acceptors (Lipinski definition) is 4. The summed E-state index contributed by atoms with van der Waals surface area (Å²) in [6.07, 6.45) is 0.941. The van der Waals surface area contributed by atoms with Crippen LogP contribution in [0.25, 0.3) is 0 Å². The zero-order valence-corrected chi connectivity index (χ0v) is 14.2. The lowest BCUT2D eigenvalue weighted by Crippen LogP contribution is -2.46. The minimum absolute atomic E-state index is 0.0570. The molecular weight excluding hydrogens is 300 g/mol. The summed E-state index contributed by atoms with van der Waals surface area (Å²) >= 11 is 0. The summed E-state index contributed by atoms with van der Waals surface area (Å²) in [6.45, 7) is 0.512. The summed E-state index contributed by atoms with van der Waals surface area (Å²) in [5.41, 5.74) is 1.17. The minimum atomic E-state index is -3.55. The lowest BCUT2D eigenvalue weighted by atomic mass is 10.1. The molecule has 1 aromatic rings. The largest absolute Gasteiger partial charge is 0.305 e. The SMILES string of the molecule is CN(C)C(CNS(=O)(=O)N(C)CCC#N)Cc1ccccc1. The van der Waals surface area contributed by atoms with Crippen LogP contribution in [0, 0.1) is 11.3 Å². The van der Waals surface area contributed by atoms with Crippen molar-refractivity contribution in [1.82, 2.24) is 13.9 Å². The van der Waals surface area contributed by atoms with E-state index in [2.05, 4.69) is 4.72 Å². The lowest BCUT2D eigenvalue weighted by molar-refractivity contribution is 0.290. The normalized spacial score (nSPS) is 13.3. The molecule has 122 valence electrons. The van der Waals surface area contributed by atoms with Crippen LogP contribution < -0.4 is 4.72 Å². The number of nitrogens with zero attached hydrogens (tertiary/aromatic N) is 3. The fraction of sp³-hybridized carbons (Fsp3) is 0.533. The maximum Gasteiger partial charge on any atom is 0.279 e. The molecule has 0 heterocycles. The third-order valence-electron chi connectivity index (χ3n) is 3.49. The zero-order chi connectivity index (χ0) is 16.6. The highest BCUT2D eigenvalue weighted by atomic mass is 32.2. The Balaban J connectivity index is 2.63. The first-order valence-corrected chi connectivity index (χ1v) is 8.59. The Labute approximate surface area is 133 Å². The highest BCUT2D eigenvalue weighted by Gasteiger charge is 2.20. The Hall–Kier alpha value is -1.46. The van der Waals surface area contributed by atoms with Crippen molar-refractivity contribution in [1.29, 1.82) is 5.26 Å². The van der Waals surface area contributed by atoms with Crippen LogP contribution in [-0.2, 0) is 16.6 Å². The van der Waals surface area contributed by atoms with Gasteiger partial charge in [-0.3, -0.25) is 0 Å². The van der Waals surface area contributed by atoms with Gasteiger partial charge in [-0.2, -0.15) is 18.0 Å². The third-order valence-corrected chi connectivity index (χ3v) is 5.03. The van der Waals surface area contributed by atoms with E-state index in [1.54, 1.807) is 0 Å². The van der Waals surface area contributed by atoms with Crippen molar-refractivity contribution < 1.29 is 8.42 Å². The summed E-state index contributed by atoms with van der Waals surface area (Å²) in [5, 5.41) is 8.54. The molecule has 1 N–H and O–H groups in total. The van der Waals surface area contributed by atoms with Gasteiger partial charge in [-0.05, 0) is 26.1 Å². The first-order chi connectivity index (χ1) is 10.4. The molecule has 0 aliphatic heterocycles. The molecular formula is C15H24N4O2S. The van der Waals surface area contributed by atoms with E-state index in [1.165, 1.54) is 16.9 Å². The number of nitriles is 1. The van der Waals surface area contributed by atoms with Crippen LogP contribution in [0.4, 0.5) is 0 Å². The van der Waals surface area contributed by atoms with E-state index < -0.39 is 10.2 Å². The second-order valence-electron chi connectivity index (χ2n) is 5.39. The van der Waals surface area contributed by atoms with Gasteiger partial charge in [0, 0.05) is 32.6 Å². The van der Waals surface area contributed by atoms with Gasteiger partial charge in [0.25, 0.3) is 10.2 Å². The van der Waals surface area contributed by atoms with Crippen molar-refractivity contribution in [2.24, 2.45) is 0 Å².